The lowest BCUT2D eigenvalue weighted by Crippen LogP contribution is -2.45. The largest absolute Gasteiger partial charge is 0.478 e. The molecule has 1 rings (SSSR count). The Morgan fingerprint density at radius 3 is 2.35 bits per heavy atom. The minimum Gasteiger partial charge on any atom is -0.478 e. The van der Waals surface area contributed by atoms with E-state index in [1.165, 1.54) is 12.1 Å². The summed E-state index contributed by atoms with van der Waals surface area (Å²) in [5, 5.41) is 9.12. The minimum absolute atomic E-state index is 0.204. The van der Waals surface area contributed by atoms with Crippen LogP contribution in [0.25, 0.3) is 0 Å². The molecule has 0 fully saturated rings. The maximum absolute atomic E-state index is 12.4. The number of anilines is 1. The number of hydrogen-bond acceptors (Lipinski definition) is 4. The highest BCUT2D eigenvalue weighted by atomic mass is 32.2. The summed E-state index contributed by atoms with van der Waals surface area (Å²) in [6.45, 7) is 5.52. The van der Waals surface area contributed by atoms with Gasteiger partial charge in [-0.25, -0.2) is 17.9 Å². The van der Waals surface area contributed by atoms with E-state index in [9.17, 15) is 13.2 Å². The fourth-order valence-corrected chi connectivity index (χ4v) is 3.45. The molecule has 0 radical (unpaired) electrons. The van der Waals surface area contributed by atoms with Gasteiger partial charge < -0.3 is 10.8 Å². The number of rotatable bonds is 6. The van der Waals surface area contributed by atoms with Crippen LogP contribution >= 0.6 is 0 Å². The molecule has 20 heavy (non-hydrogen) atoms. The molecule has 0 amide bonds. The van der Waals surface area contributed by atoms with Crippen molar-refractivity contribution in [2.45, 2.75) is 44.0 Å². The van der Waals surface area contributed by atoms with Crippen LogP contribution in [-0.4, -0.2) is 25.0 Å². The maximum Gasteiger partial charge on any atom is 0.337 e. The molecule has 6 nitrogen and oxygen atoms in total. The first-order chi connectivity index (χ1) is 9.15. The molecule has 0 heterocycles. The van der Waals surface area contributed by atoms with Crippen molar-refractivity contribution in [1.29, 1.82) is 0 Å². The zero-order valence-electron chi connectivity index (χ0n) is 11.8. The predicted octanol–water partition coefficient (Wildman–Crippen LogP) is 1.82. The van der Waals surface area contributed by atoms with E-state index in [0.29, 0.717) is 12.8 Å². The molecule has 0 unspecified atom stereocenters. The van der Waals surface area contributed by atoms with Crippen LogP contribution in [-0.2, 0) is 10.0 Å². The second-order valence-electron chi connectivity index (χ2n) is 4.93. The number of benzene rings is 1. The maximum atomic E-state index is 12.4. The Balaban J connectivity index is 3.33. The van der Waals surface area contributed by atoms with E-state index in [4.69, 9.17) is 10.8 Å². The molecule has 0 saturated heterocycles. The number of carboxylic acid groups (broad SMARTS) is 1. The van der Waals surface area contributed by atoms with Crippen molar-refractivity contribution in [2.24, 2.45) is 0 Å². The number of nitrogen functional groups attached to an aromatic ring is 1. The minimum atomic E-state index is -3.92. The Morgan fingerprint density at radius 1 is 1.35 bits per heavy atom. The third-order valence-corrected chi connectivity index (χ3v) is 5.16. The summed E-state index contributed by atoms with van der Waals surface area (Å²) in [4.78, 5) is 10.9. The highest BCUT2D eigenvalue weighted by Gasteiger charge is 2.30. The van der Waals surface area contributed by atoms with Crippen LogP contribution in [0.4, 0.5) is 5.69 Å². The summed E-state index contributed by atoms with van der Waals surface area (Å²) >= 11 is 0. The van der Waals surface area contributed by atoms with Crippen molar-refractivity contribution in [3.8, 4) is 0 Å². The average molecular weight is 300 g/mol. The molecule has 112 valence electrons. The van der Waals surface area contributed by atoms with Crippen molar-refractivity contribution in [1.82, 2.24) is 4.72 Å². The molecule has 0 spiro atoms. The van der Waals surface area contributed by atoms with Gasteiger partial charge in [0.2, 0.25) is 10.0 Å². The van der Waals surface area contributed by atoms with Gasteiger partial charge in [0.1, 0.15) is 0 Å². The molecule has 0 aliphatic heterocycles. The topological polar surface area (TPSA) is 109 Å². The fraction of sp³-hybridized carbons (Fsp3) is 0.462. The Hall–Kier alpha value is -1.60. The summed E-state index contributed by atoms with van der Waals surface area (Å²) in [7, 11) is -3.92. The molecular formula is C13H20N2O4S. The van der Waals surface area contributed by atoms with E-state index >= 15 is 0 Å². The highest BCUT2D eigenvalue weighted by Crippen LogP contribution is 2.23. The summed E-state index contributed by atoms with van der Waals surface area (Å²) < 4.78 is 27.3. The summed E-state index contributed by atoms with van der Waals surface area (Å²) in [5.41, 5.74) is 4.77. The van der Waals surface area contributed by atoms with E-state index in [-0.39, 0.29) is 16.1 Å². The molecule has 1 aromatic rings. The SMILES string of the molecule is CCC(C)(CC)NS(=O)(=O)c1ccc(N)cc1C(=O)O. The van der Waals surface area contributed by atoms with Crippen molar-refractivity contribution in [3.05, 3.63) is 23.8 Å². The van der Waals surface area contributed by atoms with E-state index in [1.807, 2.05) is 13.8 Å². The van der Waals surface area contributed by atoms with E-state index in [0.717, 1.165) is 6.07 Å². The number of carbonyl (C=O) groups is 1. The van der Waals surface area contributed by atoms with Gasteiger partial charge in [-0.1, -0.05) is 13.8 Å². The summed E-state index contributed by atoms with van der Waals surface area (Å²) in [5.74, 6) is -1.33. The normalized spacial score (nSPS) is 12.3. The predicted molar refractivity (Wildman–Crippen MR) is 77.1 cm³/mol. The van der Waals surface area contributed by atoms with Gasteiger partial charge in [-0.05, 0) is 38.0 Å². The molecule has 7 heteroatoms. The van der Waals surface area contributed by atoms with Crippen LogP contribution in [0.2, 0.25) is 0 Å². The number of nitrogens with two attached hydrogens (primary N) is 1. The van der Waals surface area contributed by atoms with Gasteiger partial charge >= 0.3 is 5.97 Å². The van der Waals surface area contributed by atoms with E-state index < -0.39 is 21.5 Å². The molecule has 0 bridgehead atoms. The third kappa shape index (κ3) is 3.49. The van der Waals surface area contributed by atoms with Crippen LogP contribution in [0, 0.1) is 0 Å². The number of carboxylic acids is 1. The third-order valence-electron chi connectivity index (χ3n) is 3.46. The zero-order chi connectivity index (χ0) is 15.6. The fourth-order valence-electron chi connectivity index (χ4n) is 1.72. The number of nitrogens with one attached hydrogen (secondary N) is 1. The molecular weight excluding hydrogens is 280 g/mol. The van der Waals surface area contributed by atoms with Crippen molar-refractivity contribution in [3.63, 3.8) is 0 Å². The lowest BCUT2D eigenvalue weighted by atomic mass is 9.98. The monoisotopic (exact) mass is 300 g/mol. The van der Waals surface area contributed by atoms with Gasteiger partial charge in [0.05, 0.1) is 10.5 Å². The first kappa shape index (κ1) is 16.5. The quantitative estimate of drug-likeness (QED) is 0.694. The van der Waals surface area contributed by atoms with Gasteiger partial charge in [-0.2, -0.15) is 0 Å². The van der Waals surface area contributed by atoms with Crippen molar-refractivity contribution in [2.75, 3.05) is 5.73 Å². The Bertz CT molecular complexity index is 607. The molecule has 1 aromatic carbocycles. The number of aromatic carboxylic acids is 1. The van der Waals surface area contributed by atoms with Gasteiger partial charge in [0, 0.05) is 11.2 Å². The standard InChI is InChI=1S/C13H20N2O4S/c1-4-13(3,5-2)15-20(18,19)11-7-6-9(14)8-10(11)12(16)17/h6-8,15H,4-5,14H2,1-3H3,(H,16,17). The Morgan fingerprint density at radius 2 is 1.90 bits per heavy atom. The van der Waals surface area contributed by atoms with Gasteiger partial charge in [-0.15, -0.1) is 0 Å². The van der Waals surface area contributed by atoms with E-state index in [1.54, 1.807) is 6.92 Å². The summed E-state index contributed by atoms with van der Waals surface area (Å²) in [6, 6.07) is 3.73. The number of hydrogen-bond donors (Lipinski definition) is 3. The molecule has 4 N–H and O–H groups in total. The summed E-state index contributed by atoms with van der Waals surface area (Å²) in [6.07, 6.45) is 1.19. The molecule has 0 saturated carbocycles. The van der Waals surface area contributed by atoms with Crippen molar-refractivity contribution < 1.29 is 18.3 Å². The molecule has 0 aliphatic rings. The smallest absolute Gasteiger partial charge is 0.337 e. The van der Waals surface area contributed by atoms with Crippen LogP contribution in [0.3, 0.4) is 0 Å². The van der Waals surface area contributed by atoms with Crippen LogP contribution < -0.4 is 10.5 Å². The lowest BCUT2D eigenvalue weighted by molar-refractivity contribution is 0.0692. The lowest BCUT2D eigenvalue weighted by Gasteiger charge is -2.28. The molecule has 0 aromatic heterocycles. The molecule has 0 aliphatic carbocycles. The zero-order valence-corrected chi connectivity index (χ0v) is 12.6. The molecule has 0 atom stereocenters. The van der Waals surface area contributed by atoms with E-state index in [2.05, 4.69) is 4.72 Å². The van der Waals surface area contributed by atoms with Gasteiger partial charge in [0.25, 0.3) is 0 Å². The van der Waals surface area contributed by atoms with Crippen LogP contribution in [0.5, 0.6) is 0 Å². The van der Waals surface area contributed by atoms with Gasteiger partial charge in [-0.3, -0.25) is 0 Å². The average Bonchev–Trinajstić information content (AvgIpc) is 2.37. The van der Waals surface area contributed by atoms with Gasteiger partial charge in [0.15, 0.2) is 0 Å². The second-order valence-corrected chi connectivity index (χ2v) is 6.58. The number of sulfonamides is 1. The highest BCUT2D eigenvalue weighted by molar-refractivity contribution is 7.89. The Kier molecular flexibility index (Phi) is 4.77. The van der Waals surface area contributed by atoms with Crippen LogP contribution in [0.1, 0.15) is 44.0 Å². The Labute approximate surface area is 119 Å². The van der Waals surface area contributed by atoms with Crippen LogP contribution in [0.15, 0.2) is 23.1 Å². The first-order valence-electron chi connectivity index (χ1n) is 6.32. The first-order valence-corrected chi connectivity index (χ1v) is 7.80. The van der Waals surface area contributed by atoms with Crippen molar-refractivity contribution >= 4 is 21.7 Å². The second kappa shape index (κ2) is 5.80.